The fourth-order valence-electron chi connectivity index (χ4n) is 1.83. The van der Waals surface area contributed by atoms with Gasteiger partial charge in [0.1, 0.15) is 17.4 Å². The lowest BCUT2D eigenvalue weighted by molar-refractivity contribution is -0.131. The summed E-state index contributed by atoms with van der Waals surface area (Å²) in [6.45, 7) is -0.504. The number of aliphatic hydroxyl groups is 2. The molecule has 0 saturated carbocycles. The molecule has 3 N–H and O–H groups in total. The van der Waals surface area contributed by atoms with Crippen molar-refractivity contribution in [3.8, 4) is 0 Å². The summed E-state index contributed by atoms with van der Waals surface area (Å²) in [5, 5.41) is 27.3. The van der Waals surface area contributed by atoms with E-state index in [1.54, 1.807) is 12.2 Å². The first kappa shape index (κ1) is 18.1. The van der Waals surface area contributed by atoms with Gasteiger partial charge < -0.3 is 20.2 Å². The van der Waals surface area contributed by atoms with Crippen molar-refractivity contribution in [2.45, 2.75) is 6.04 Å². The Morgan fingerprint density at radius 3 is 2.04 bits per heavy atom. The molecule has 1 aliphatic rings. The normalized spacial score (nSPS) is 21.7. The lowest BCUT2D eigenvalue weighted by Crippen LogP contribution is -2.34. The topological polar surface area (TPSA) is 115 Å². The first-order valence-corrected chi connectivity index (χ1v) is 6.66. The van der Waals surface area contributed by atoms with Gasteiger partial charge in [0.05, 0.1) is 6.61 Å². The maximum absolute atomic E-state index is 11.9. The molecule has 1 rings (SSSR count). The third kappa shape index (κ3) is 4.79. The molecule has 0 aromatic rings. The minimum atomic E-state index is -1.05. The summed E-state index contributed by atoms with van der Waals surface area (Å²) >= 11 is 0. The van der Waals surface area contributed by atoms with Crippen LogP contribution in [0.4, 0.5) is 0 Å². The first-order chi connectivity index (χ1) is 10.9. The van der Waals surface area contributed by atoms with Crippen LogP contribution in [0.25, 0.3) is 0 Å². The number of amides is 1. The number of hydrogen-bond donors (Lipinski definition) is 3. The number of carboxylic acid groups (broad SMARTS) is 1. The Morgan fingerprint density at radius 2 is 1.57 bits per heavy atom. The van der Waals surface area contributed by atoms with Crippen LogP contribution < -0.4 is 0 Å². The molecule has 1 fully saturated rings. The van der Waals surface area contributed by atoms with Gasteiger partial charge in [0.2, 0.25) is 0 Å². The monoisotopic (exact) mass is 319 g/mol. The lowest BCUT2D eigenvalue weighted by atomic mass is 10.1. The minimum absolute atomic E-state index is 0.351. The van der Waals surface area contributed by atoms with Crippen LogP contribution in [0.15, 0.2) is 59.9 Å². The molecule has 1 unspecified atom stereocenters. The number of hydrogen-bond acceptors (Lipinski definition) is 5. The fourth-order valence-corrected chi connectivity index (χ4v) is 1.83. The molecule has 1 aliphatic heterocycles. The summed E-state index contributed by atoms with van der Waals surface area (Å²) in [7, 11) is 1.38. The minimum Gasteiger partial charge on any atom is -0.507 e. The number of aliphatic hydroxyl groups excluding tert-OH is 2. The third-order valence-corrected chi connectivity index (χ3v) is 3.03. The largest absolute Gasteiger partial charge is 0.507 e. The zero-order chi connectivity index (χ0) is 17.4. The molecule has 0 radical (unpaired) electrons. The van der Waals surface area contributed by atoms with Gasteiger partial charge in [-0.3, -0.25) is 9.59 Å². The maximum atomic E-state index is 11.9. The maximum Gasteiger partial charge on any atom is 0.328 e. The Morgan fingerprint density at radius 1 is 1.04 bits per heavy atom. The van der Waals surface area contributed by atoms with Crippen LogP contribution in [-0.2, 0) is 14.4 Å². The number of ketones is 1. The second kappa shape index (κ2) is 8.50. The van der Waals surface area contributed by atoms with Crippen molar-refractivity contribution in [2.24, 2.45) is 0 Å². The van der Waals surface area contributed by atoms with Crippen molar-refractivity contribution in [3.05, 3.63) is 59.9 Å². The number of likely N-dealkylation sites (N-methyl/N-ethyl adjacent to an activating group) is 1. The summed E-state index contributed by atoms with van der Waals surface area (Å²) in [6.07, 6.45) is 11.1. The highest BCUT2D eigenvalue weighted by Crippen LogP contribution is 2.21. The molecule has 7 nitrogen and oxygen atoms in total. The Kier molecular flexibility index (Phi) is 6.69. The number of Topliss-reactive ketones (excluding diaryl/α,β-unsaturated/α-hetero) is 1. The van der Waals surface area contributed by atoms with E-state index in [1.807, 2.05) is 0 Å². The van der Waals surface area contributed by atoms with E-state index in [0.717, 1.165) is 11.0 Å². The van der Waals surface area contributed by atoms with Crippen LogP contribution in [-0.4, -0.2) is 57.6 Å². The van der Waals surface area contributed by atoms with Crippen molar-refractivity contribution in [3.63, 3.8) is 0 Å². The van der Waals surface area contributed by atoms with Crippen LogP contribution in [0, 0.1) is 0 Å². The number of aliphatic carboxylic acids is 1. The number of carbonyl (C=O) groups excluding carboxylic acids is 2. The Balaban J connectivity index is 2.74. The Hall–Kier alpha value is -2.93. The van der Waals surface area contributed by atoms with E-state index in [4.69, 9.17) is 10.2 Å². The molecular formula is C16H17NO6. The van der Waals surface area contributed by atoms with Crippen LogP contribution in [0.1, 0.15) is 0 Å². The number of carboxylic acids is 1. The number of carbonyl (C=O) groups is 3. The molecule has 0 aromatic carbocycles. The van der Waals surface area contributed by atoms with Crippen LogP contribution >= 0.6 is 0 Å². The van der Waals surface area contributed by atoms with Gasteiger partial charge in [0.25, 0.3) is 5.91 Å². The highest BCUT2D eigenvalue weighted by molar-refractivity contribution is 6.27. The molecule has 23 heavy (non-hydrogen) atoms. The van der Waals surface area contributed by atoms with Gasteiger partial charge in [-0.15, -0.1) is 0 Å². The van der Waals surface area contributed by atoms with E-state index in [-0.39, 0.29) is 5.57 Å². The van der Waals surface area contributed by atoms with Crippen molar-refractivity contribution >= 4 is 17.7 Å². The molecule has 122 valence electrons. The van der Waals surface area contributed by atoms with E-state index in [2.05, 4.69) is 0 Å². The number of rotatable bonds is 6. The second-order valence-corrected chi connectivity index (χ2v) is 4.57. The zero-order valence-corrected chi connectivity index (χ0v) is 12.4. The molecule has 0 aliphatic carbocycles. The van der Waals surface area contributed by atoms with Crippen molar-refractivity contribution in [1.29, 1.82) is 0 Å². The molecule has 7 heteroatoms. The van der Waals surface area contributed by atoms with Gasteiger partial charge in [0, 0.05) is 13.1 Å². The summed E-state index contributed by atoms with van der Waals surface area (Å²) in [6, 6.07) is -0.965. The molecule has 1 saturated heterocycles. The molecule has 0 aromatic heterocycles. The number of likely N-dealkylation sites (tertiary alicyclic amines) is 1. The highest BCUT2D eigenvalue weighted by atomic mass is 16.4. The summed E-state index contributed by atoms with van der Waals surface area (Å²) in [5.74, 6) is -2.78. The summed E-state index contributed by atoms with van der Waals surface area (Å²) in [4.78, 5) is 35.0. The second-order valence-electron chi connectivity index (χ2n) is 4.57. The smallest absolute Gasteiger partial charge is 0.328 e. The number of allylic oxidation sites excluding steroid dienone is 7. The van der Waals surface area contributed by atoms with Crippen molar-refractivity contribution < 1.29 is 29.7 Å². The molecular weight excluding hydrogens is 302 g/mol. The quantitative estimate of drug-likeness (QED) is 0.284. The van der Waals surface area contributed by atoms with Gasteiger partial charge in [-0.25, -0.2) is 4.79 Å². The van der Waals surface area contributed by atoms with E-state index < -0.39 is 36.1 Å². The van der Waals surface area contributed by atoms with Gasteiger partial charge in [-0.1, -0.05) is 36.5 Å². The first-order valence-electron chi connectivity index (χ1n) is 6.66. The van der Waals surface area contributed by atoms with Crippen molar-refractivity contribution in [2.75, 3.05) is 13.7 Å². The third-order valence-electron chi connectivity index (χ3n) is 3.03. The average Bonchev–Trinajstić information content (AvgIpc) is 2.71. The van der Waals surface area contributed by atoms with E-state index in [0.29, 0.717) is 0 Å². The fraction of sp³-hybridized carbons (Fsp3) is 0.188. The molecule has 0 bridgehead atoms. The Bertz CT molecular complexity index is 639. The zero-order valence-electron chi connectivity index (χ0n) is 12.4. The number of nitrogens with zero attached hydrogens (tertiary/aromatic N) is 1. The summed E-state index contributed by atoms with van der Waals surface area (Å²) in [5.41, 5.74) is -0.351. The molecule has 0 spiro atoms. The molecule has 1 amide bonds. The standard InChI is InChI=1S/C16H17NO6/c1-17-11(10-18)15(22)14(16(17)23)12(19)8-6-4-2-3-5-7-9-13(20)21/h2-9,11,18-19H,10H2,1H3,(H,20,21). The predicted molar refractivity (Wildman–Crippen MR) is 82.5 cm³/mol. The van der Waals surface area contributed by atoms with E-state index >= 15 is 0 Å². The van der Waals surface area contributed by atoms with Crippen LogP contribution in [0.5, 0.6) is 0 Å². The van der Waals surface area contributed by atoms with Crippen molar-refractivity contribution in [1.82, 2.24) is 4.90 Å². The summed E-state index contributed by atoms with van der Waals surface area (Å²) < 4.78 is 0. The van der Waals surface area contributed by atoms with Gasteiger partial charge in [0.15, 0.2) is 5.78 Å². The van der Waals surface area contributed by atoms with Gasteiger partial charge in [-0.05, 0) is 6.08 Å². The highest BCUT2D eigenvalue weighted by Gasteiger charge is 2.42. The van der Waals surface area contributed by atoms with Crippen LogP contribution in [0.2, 0.25) is 0 Å². The van der Waals surface area contributed by atoms with E-state index in [1.165, 1.54) is 37.4 Å². The molecule has 1 atom stereocenters. The predicted octanol–water partition coefficient (Wildman–Crippen LogP) is 0.510. The lowest BCUT2D eigenvalue weighted by Gasteiger charge is -2.13. The van der Waals surface area contributed by atoms with Gasteiger partial charge in [-0.2, -0.15) is 0 Å². The van der Waals surface area contributed by atoms with E-state index in [9.17, 15) is 19.5 Å². The molecule has 1 heterocycles. The van der Waals surface area contributed by atoms with Crippen LogP contribution in [0.3, 0.4) is 0 Å². The SMILES string of the molecule is CN1C(=O)C(=C(O)C=CC=CC=CC=CC(=O)O)C(=O)C1CO. The average molecular weight is 319 g/mol. The Labute approximate surface area is 132 Å². The van der Waals surface area contributed by atoms with Gasteiger partial charge >= 0.3 is 5.97 Å².